The number of aromatic nitrogens is 4. The van der Waals surface area contributed by atoms with Gasteiger partial charge in [0.2, 0.25) is 5.82 Å². The first-order chi connectivity index (χ1) is 13.2. The highest BCUT2D eigenvalue weighted by Crippen LogP contribution is 2.20. The Bertz CT molecular complexity index is 839. The Labute approximate surface area is 163 Å². The van der Waals surface area contributed by atoms with E-state index in [0.717, 1.165) is 42.8 Å². The van der Waals surface area contributed by atoms with Gasteiger partial charge in [-0.3, -0.25) is 0 Å². The fourth-order valence-corrected chi connectivity index (χ4v) is 4.00. The quantitative estimate of drug-likeness (QED) is 0.617. The molecule has 0 bridgehead atoms. The van der Waals surface area contributed by atoms with E-state index in [1.165, 1.54) is 17.0 Å². The van der Waals surface area contributed by atoms with E-state index < -0.39 is 0 Å². The van der Waals surface area contributed by atoms with Gasteiger partial charge in [0.1, 0.15) is 38.5 Å². The predicted molar refractivity (Wildman–Crippen MR) is 101 cm³/mol. The van der Waals surface area contributed by atoms with Crippen molar-refractivity contribution < 1.29 is 14.2 Å². The number of quaternary nitrogens is 2. The molecular formula is C19H25ClN6O+2. The zero-order chi connectivity index (χ0) is 18.6. The molecule has 4 rings (SSSR count). The van der Waals surface area contributed by atoms with Crippen molar-refractivity contribution in [2.75, 3.05) is 32.7 Å². The van der Waals surface area contributed by atoms with Crippen molar-refractivity contribution in [1.29, 1.82) is 0 Å². The number of furan rings is 1. The predicted octanol–water partition coefficient (Wildman–Crippen LogP) is -0.139. The third-order valence-electron chi connectivity index (χ3n) is 5.41. The van der Waals surface area contributed by atoms with Crippen molar-refractivity contribution in [3.05, 3.63) is 64.8 Å². The molecule has 1 aliphatic heterocycles. The van der Waals surface area contributed by atoms with Gasteiger partial charge in [0.05, 0.1) is 12.8 Å². The summed E-state index contributed by atoms with van der Waals surface area (Å²) < 4.78 is 7.34. The second-order valence-corrected chi connectivity index (χ2v) is 7.46. The molecule has 1 atom stereocenters. The maximum Gasteiger partial charge on any atom is 0.214 e. The summed E-state index contributed by atoms with van der Waals surface area (Å²) in [5, 5.41) is 13.3. The minimum atomic E-state index is 0.0747. The molecule has 1 aromatic carbocycles. The van der Waals surface area contributed by atoms with E-state index in [-0.39, 0.29) is 6.04 Å². The molecule has 27 heavy (non-hydrogen) atoms. The van der Waals surface area contributed by atoms with Crippen LogP contribution in [0.5, 0.6) is 0 Å². The Morgan fingerprint density at radius 3 is 2.59 bits per heavy atom. The topological polar surface area (TPSA) is 65.6 Å². The molecule has 3 aromatic rings. The molecule has 142 valence electrons. The molecule has 1 saturated heterocycles. The van der Waals surface area contributed by atoms with Gasteiger partial charge < -0.3 is 14.2 Å². The molecule has 0 unspecified atom stereocenters. The number of hydrogen-bond donors (Lipinski definition) is 2. The van der Waals surface area contributed by atoms with Crippen molar-refractivity contribution in [2.45, 2.75) is 19.5 Å². The molecule has 0 radical (unpaired) electrons. The van der Waals surface area contributed by atoms with Crippen molar-refractivity contribution in [2.24, 2.45) is 0 Å². The van der Waals surface area contributed by atoms with Gasteiger partial charge in [0, 0.05) is 10.6 Å². The summed E-state index contributed by atoms with van der Waals surface area (Å²) in [6, 6.07) is 12.0. The summed E-state index contributed by atoms with van der Waals surface area (Å²) in [6.45, 7) is 8.45. The lowest BCUT2D eigenvalue weighted by Crippen LogP contribution is -3.28. The highest BCUT2D eigenvalue weighted by atomic mass is 35.5. The standard InChI is InChI=1S/C19H23ClN6O/c1-2-24-9-11-25(12-10-24)18(15-5-7-16(20)8-6-15)19-21-22-23-26(19)14-17-4-3-13-27-17/h3-8,13,18H,2,9-12,14H2,1H3/p+2/t18-/m1/s1. The second-order valence-electron chi connectivity index (χ2n) is 7.02. The molecule has 2 aromatic heterocycles. The number of piperazine rings is 1. The summed E-state index contributed by atoms with van der Waals surface area (Å²) in [5.74, 6) is 1.71. The van der Waals surface area contributed by atoms with Crippen molar-refractivity contribution in [1.82, 2.24) is 20.2 Å². The zero-order valence-electron chi connectivity index (χ0n) is 15.4. The monoisotopic (exact) mass is 388 g/mol. The number of rotatable bonds is 6. The molecule has 1 fully saturated rings. The average molecular weight is 389 g/mol. The van der Waals surface area contributed by atoms with E-state index in [9.17, 15) is 0 Å². The lowest BCUT2D eigenvalue weighted by molar-refractivity contribution is -1.02. The summed E-state index contributed by atoms with van der Waals surface area (Å²) in [6.07, 6.45) is 1.67. The van der Waals surface area contributed by atoms with Crippen molar-refractivity contribution in [3.63, 3.8) is 0 Å². The molecule has 0 amide bonds. The summed E-state index contributed by atoms with van der Waals surface area (Å²) in [5.41, 5.74) is 1.19. The summed E-state index contributed by atoms with van der Waals surface area (Å²) in [7, 11) is 0. The van der Waals surface area contributed by atoms with Crippen LogP contribution in [0.3, 0.4) is 0 Å². The van der Waals surface area contributed by atoms with Gasteiger partial charge in [-0.15, -0.1) is 5.10 Å². The molecule has 0 saturated carbocycles. The number of likely N-dealkylation sites (N-methyl/N-ethyl adjacent to an activating group) is 1. The van der Waals surface area contributed by atoms with Crippen LogP contribution in [0.1, 0.15) is 30.1 Å². The van der Waals surface area contributed by atoms with Gasteiger partial charge in [0.25, 0.3) is 0 Å². The largest absolute Gasteiger partial charge is 0.467 e. The molecule has 0 aliphatic carbocycles. The minimum Gasteiger partial charge on any atom is -0.467 e. The van der Waals surface area contributed by atoms with Crippen LogP contribution in [0.4, 0.5) is 0 Å². The van der Waals surface area contributed by atoms with E-state index in [2.05, 4.69) is 34.6 Å². The maximum absolute atomic E-state index is 6.12. The number of halogens is 1. The van der Waals surface area contributed by atoms with Crippen LogP contribution in [0.25, 0.3) is 0 Å². The van der Waals surface area contributed by atoms with Crippen LogP contribution in [0.15, 0.2) is 47.1 Å². The first kappa shape index (κ1) is 18.2. The Kier molecular flexibility index (Phi) is 5.52. The van der Waals surface area contributed by atoms with Crippen LogP contribution >= 0.6 is 11.6 Å². The van der Waals surface area contributed by atoms with Gasteiger partial charge in [-0.2, -0.15) is 0 Å². The number of nitrogens with zero attached hydrogens (tertiary/aromatic N) is 4. The lowest BCUT2D eigenvalue weighted by Gasteiger charge is -2.33. The van der Waals surface area contributed by atoms with Crippen LogP contribution < -0.4 is 9.80 Å². The fourth-order valence-electron chi connectivity index (χ4n) is 3.87. The zero-order valence-corrected chi connectivity index (χ0v) is 16.2. The highest BCUT2D eigenvalue weighted by Gasteiger charge is 2.35. The molecule has 2 N–H and O–H groups in total. The molecule has 7 nitrogen and oxygen atoms in total. The molecule has 1 aliphatic rings. The Balaban J connectivity index is 1.66. The van der Waals surface area contributed by atoms with E-state index in [0.29, 0.717) is 6.54 Å². The SMILES string of the molecule is CC[NH+]1CC[NH+]([C@H](c2ccc(Cl)cc2)c2nnnn2Cc2ccco2)CC1. The van der Waals surface area contributed by atoms with E-state index in [1.807, 2.05) is 28.9 Å². The van der Waals surface area contributed by atoms with Crippen LogP contribution in [-0.2, 0) is 6.54 Å². The summed E-state index contributed by atoms with van der Waals surface area (Å²) in [4.78, 5) is 3.15. The lowest BCUT2D eigenvalue weighted by atomic mass is 10.0. The molecule has 8 heteroatoms. The molecular weight excluding hydrogens is 364 g/mol. The van der Waals surface area contributed by atoms with Gasteiger partial charge in [-0.1, -0.05) is 23.7 Å². The Morgan fingerprint density at radius 2 is 1.93 bits per heavy atom. The first-order valence-electron chi connectivity index (χ1n) is 9.46. The van der Waals surface area contributed by atoms with E-state index >= 15 is 0 Å². The van der Waals surface area contributed by atoms with Crippen LogP contribution in [-0.4, -0.2) is 52.9 Å². The molecule has 3 heterocycles. The van der Waals surface area contributed by atoms with Crippen molar-refractivity contribution in [3.8, 4) is 0 Å². The molecule has 0 spiro atoms. The van der Waals surface area contributed by atoms with Gasteiger partial charge >= 0.3 is 0 Å². The third-order valence-corrected chi connectivity index (χ3v) is 5.67. The minimum absolute atomic E-state index is 0.0747. The highest BCUT2D eigenvalue weighted by molar-refractivity contribution is 6.30. The van der Waals surface area contributed by atoms with E-state index in [4.69, 9.17) is 16.0 Å². The number of nitrogens with one attached hydrogen (secondary N) is 2. The Morgan fingerprint density at radius 1 is 1.15 bits per heavy atom. The van der Waals surface area contributed by atoms with Crippen LogP contribution in [0.2, 0.25) is 5.02 Å². The maximum atomic E-state index is 6.12. The average Bonchev–Trinajstić information content (AvgIpc) is 3.37. The van der Waals surface area contributed by atoms with Crippen molar-refractivity contribution >= 4 is 11.6 Å². The number of hydrogen-bond acceptors (Lipinski definition) is 4. The number of tetrazole rings is 1. The smallest absolute Gasteiger partial charge is 0.214 e. The summed E-state index contributed by atoms with van der Waals surface area (Å²) >= 11 is 6.12. The van der Waals surface area contributed by atoms with Gasteiger partial charge in [-0.05, 0) is 41.6 Å². The van der Waals surface area contributed by atoms with Gasteiger partial charge in [-0.25, -0.2) is 4.68 Å². The van der Waals surface area contributed by atoms with Gasteiger partial charge in [0.15, 0.2) is 6.04 Å². The fraction of sp³-hybridized carbons (Fsp3) is 0.421. The van der Waals surface area contributed by atoms with Crippen LogP contribution in [0, 0.1) is 0 Å². The third kappa shape index (κ3) is 4.05. The normalized spacial score (nSPS) is 21.3. The van der Waals surface area contributed by atoms with E-state index in [1.54, 1.807) is 11.2 Å². The Hall–Kier alpha value is -2.22. The first-order valence-corrected chi connectivity index (χ1v) is 9.84. The number of benzene rings is 1. The second kappa shape index (κ2) is 8.21.